The number of hydrogen-bond acceptors (Lipinski definition) is 2. The molecule has 4 nitrogen and oxygen atoms in total. The molecule has 1 aromatic carbocycles. The van der Waals surface area contributed by atoms with Crippen LogP contribution in [0.25, 0.3) is 0 Å². The summed E-state index contributed by atoms with van der Waals surface area (Å²) in [4.78, 5) is 15.3. The number of primary amides is 1. The van der Waals surface area contributed by atoms with Crippen molar-refractivity contribution in [2.24, 2.45) is 5.73 Å². The van der Waals surface area contributed by atoms with Crippen molar-refractivity contribution >= 4 is 6.03 Å². The van der Waals surface area contributed by atoms with E-state index >= 15 is 0 Å². The van der Waals surface area contributed by atoms with Crippen molar-refractivity contribution in [3.63, 3.8) is 0 Å². The molecule has 0 radical (unpaired) electrons. The molecule has 2 atom stereocenters. The van der Waals surface area contributed by atoms with E-state index in [1.165, 1.54) is 11.1 Å². The first-order chi connectivity index (χ1) is 7.25. The lowest BCUT2D eigenvalue weighted by atomic mass is 9.97. The number of nitrogens with zero attached hydrogens (tertiary/aromatic N) is 2. The van der Waals surface area contributed by atoms with Crippen LogP contribution in [0.3, 0.4) is 0 Å². The number of rotatable bonds is 0. The molecule has 2 unspecified atom stereocenters. The molecule has 0 aliphatic carbocycles. The number of amides is 2. The molecule has 4 heteroatoms. The normalized spacial score (nSPS) is 27.6. The second kappa shape index (κ2) is 2.97. The summed E-state index contributed by atoms with van der Waals surface area (Å²) in [6.07, 6.45) is 0. The van der Waals surface area contributed by atoms with Gasteiger partial charge in [0.25, 0.3) is 0 Å². The minimum atomic E-state index is -0.320. The second-order valence-electron chi connectivity index (χ2n) is 4.18. The quantitative estimate of drug-likeness (QED) is 0.681. The maximum absolute atomic E-state index is 11.3. The SMILES string of the molecule is NC(=O)N1CN2Cc3ccccc3C1C2. The Labute approximate surface area is 88.3 Å². The molecule has 1 fully saturated rings. The third-order valence-corrected chi connectivity index (χ3v) is 3.25. The number of nitrogens with two attached hydrogens (primary N) is 1. The summed E-state index contributed by atoms with van der Waals surface area (Å²) < 4.78 is 0. The highest BCUT2D eigenvalue weighted by Crippen LogP contribution is 2.35. The molecule has 1 aromatic rings. The lowest BCUT2D eigenvalue weighted by molar-refractivity contribution is 0.197. The summed E-state index contributed by atoms with van der Waals surface area (Å²) in [5, 5.41) is 0. The number of fused-ring (bicyclic) bond motifs is 4. The number of hydrogen-bond donors (Lipinski definition) is 1. The van der Waals surface area contributed by atoms with Crippen LogP contribution in [0.5, 0.6) is 0 Å². The molecular weight excluding hydrogens is 190 g/mol. The van der Waals surface area contributed by atoms with Gasteiger partial charge in [-0.1, -0.05) is 24.3 Å². The Hall–Kier alpha value is -1.55. The molecule has 2 heterocycles. The van der Waals surface area contributed by atoms with Gasteiger partial charge in [-0.2, -0.15) is 0 Å². The fraction of sp³-hybridized carbons (Fsp3) is 0.364. The van der Waals surface area contributed by atoms with E-state index in [9.17, 15) is 4.79 Å². The summed E-state index contributed by atoms with van der Waals surface area (Å²) in [5.74, 6) is 0. The molecule has 0 spiro atoms. The standard InChI is InChI=1S/C11H13N3O/c12-11(15)14-7-13-5-8-3-1-2-4-9(8)10(14)6-13/h1-4,10H,5-7H2,(H2,12,15). The molecule has 78 valence electrons. The highest BCUT2D eigenvalue weighted by molar-refractivity contribution is 5.73. The van der Waals surface area contributed by atoms with Crippen LogP contribution in [0.15, 0.2) is 24.3 Å². The van der Waals surface area contributed by atoms with E-state index in [4.69, 9.17) is 5.73 Å². The van der Waals surface area contributed by atoms with Gasteiger partial charge in [0, 0.05) is 13.1 Å². The van der Waals surface area contributed by atoms with Crippen LogP contribution in [0.1, 0.15) is 17.2 Å². The van der Waals surface area contributed by atoms with Gasteiger partial charge in [0.1, 0.15) is 0 Å². The largest absolute Gasteiger partial charge is 0.351 e. The third-order valence-electron chi connectivity index (χ3n) is 3.25. The van der Waals surface area contributed by atoms with E-state index in [-0.39, 0.29) is 12.1 Å². The summed E-state index contributed by atoms with van der Waals surface area (Å²) in [7, 11) is 0. The summed E-state index contributed by atoms with van der Waals surface area (Å²) >= 11 is 0. The molecule has 2 aliphatic rings. The maximum atomic E-state index is 11.3. The number of benzene rings is 1. The number of carbonyl (C=O) groups is 1. The first kappa shape index (κ1) is 8.73. The lowest BCUT2D eigenvalue weighted by Crippen LogP contribution is -2.35. The average Bonchev–Trinajstić information content (AvgIpc) is 2.57. The maximum Gasteiger partial charge on any atom is 0.316 e. The van der Waals surface area contributed by atoms with Crippen LogP contribution in [0.2, 0.25) is 0 Å². The predicted octanol–water partition coefficient (Wildman–Crippen LogP) is 0.895. The van der Waals surface area contributed by atoms with E-state index in [1.807, 2.05) is 12.1 Å². The molecule has 15 heavy (non-hydrogen) atoms. The van der Waals surface area contributed by atoms with Gasteiger partial charge in [-0.05, 0) is 11.1 Å². The zero-order valence-corrected chi connectivity index (χ0v) is 8.39. The first-order valence-corrected chi connectivity index (χ1v) is 5.12. The summed E-state index contributed by atoms with van der Waals surface area (Å²) in [6, 6.07) is 8.12. The Kier molecular flexibility index (Phi) is 1.73. The molecule has 0 aromatic heterocycles. The molecule has 2 aliphatic heterocycles. The predicted molar refractivity (Wildman–Crippen MR) is 55.9 cm³/mol. The zero-order valence-electron chi connectivity index (χ0n) is 8.39. The smallest absolute Gasteiger partial charge is 0.316 e. The number of urea groups is 1. The van der Waals surface area contributed by atoms with Gasteiger partial charge in [-0.15, -0.1) is 0 Å². The van der Waals surface area contributed by atoms with Gasteiger partial charge < -0.3 is 10.6 Å². The van der Waals surface area contributed by atoms with Crippen LogP contribution in [-0.4, -0.2) is 29.0 Å². The summed E-state index contributed by atoms with van der Waals surface area (Å²) in [5.41, 5.74) is 7.94. The number of carbonyl (C=O) groups excluding carboxylic acids is 1. The molecule has 1 saturated heterocycles. The monoisotopic (exact) mass is 203 g/mol. The van der Waals surface area contributed by atoms with Crippen LogP contribution >= 0.6 is 0 Å². The van der Waals surface area contributed by atoms with E-state index < -0.39 is 0 Å². The average molecular weight is 203 g/mol. The van der Waals surface area contributed by atoms with Crippen molar-refractivity contribution in [2.75, 3.05) is 13.2 Å². The zero-order chi connectivity index (χ0) is 10.4. The van der Waals surface area contributed by atoms with Gasteiger partial charge in [-0.25, -0.2) is 4.79 Å². The van der Waals surface area contributed by atoms with Crippen molar-refractivity contribution in [3.05, 3.63) is 35.4 Å². The van der Waals surface area contributed by atoms with Crippen LogP contribution in [-0.2, 0) is 6.54 Å². The summed E-state index contributed by atoms with van der Waals surface area (Å²) in [6.45, 7) is 2.51. The molecule has 2 bridgehead atoms. The Balaban J connectivity index is 2.05. The fourth-order valence-corrected chi connectivity index (χ4v) is 2.56. The molecule has 2 amide bonds. The molecule has 2 N–H and O–H groups in total. The van der Waals surface area contributed by atoms with Gasteiger partial charge in [-0.3, -0.25) is 4.90 Å². The molecule has 0 saturated carbocycles. The van der Waals surface area contributed by atoms with Crippen molar-refractivity contribution < 1.29 is 4.79 Å². The Morgan fingerprint density at radius 2 is 2.20 bits per heavy atom. The van der Waals surface area contributed by atoms with E-state index in [2.05, 4.69) is 17.0 Å². The third kappa shape index (κ3) is 1.22. The van der Waals surface area contributed by atoms with Crippen molar-refractivity contribution in [1.29, 1.82) is 0 Å². The Morgan fingerprint density at radius 3 is 3.00 bits per heavy atom. The van der Waals surface area contributed by atoms with Crippen molar-refractivity contribution in [3.8, 4) is 0 Å². The van der Waals surface area contributed by atoms with Crippen LogP contribution in [0, 0.1) is 0 Å². The highest BCUT2D eigenvalue weighted by atomic mass is 16.2. The van der Waals surface area contributed by atoms with Crippen LogP contribution < -0.4 is 5.73 Å². The highest BCUT2D eigenvalue weighted by Gasteiger charge is 2.38. The Morgan fingerprint density at radius 1 is 1.40 bits per heavy atom. The van der Waals surface area contributed by atoms with Crippen LogP contribution in [0.4, 0.5) is 4.79 Å². The van der Waals surface area contributed by atoms with Gasteiger partial charge in [0.15, 0.2) is 0 Å². The van der Waals surface area contributed by atoms with E-state index in [0.717, 1.165) is 13.1 Å². The van der Waals surface area contributed by atoms with E-state index in [0.29, 0.717) is 6.67 Å². The minimum absolute atomic E-state index is 0.160. The van der Waals surface area contributed by atoms with E-state index in [1.54, 1.807) is 4.90 Å². The van der Waals surface area contributed by atoms with Crippen molar-refractivity contribution in [2.45, 2.75) is 12.6 Å². The lowest BCUT2D eigenvalue weighted by Gasteiger charge is -2.25. The second-order valence-corrected chi connectivity index (χ2v) is 4.18. The molecular formula is C11H13N3O. The molecule has 3 rings (SSSR count). The first-order valence-electron chi connectivity index (χ1n) is 5.12. The van der Waals surface area contributed by atoms with Gasteiger partial charge in [0.05, 0.1) is 12.7 Å². The topological polar surface area (TPSA) is 49.6 Å². The minimum Gasteiger partial charge on any atom is -0.351 e. The van der Waals surface area contributed by atoms with Crippen molar-refractivity contribution in [1.82, 2.24) is 9.80 Å². The van der Waals surface area contributed by atoms with Gasteiger partial charge >= 0.3 is 6.03 Å². The van der Waals surface area contributed by atoms with Gasteiger partial charge in [0.2, 0.25) is 0 Å². The Bertz CT molecular complexity index is 418. The fourth-order valence-electron chi connectivity index (χ4n) is 2.56.